The number of benzene rings is 1. The minimum Gasteiger partial charge on any atom is -0.478 e. The monoisotopic (exact) mass is 328 g/mol. The van der Waals surface area contributed by atoms with Gasteiger partial charge in [0.05, 0.1) is 11.3 Å². The molecule has 0 saturated heterocycles. The van der Waals surface area contributed by atoms with Gasteiger partial charge in [0, 0.05) is 5.69 Å². The Morgan fingerprint density at radius 1 is 1.33 bits per heavy atom. The number of aromatic amines is 1. The molecule has 0 radical (unpaired) electrons. The van der Waals surface area contributed by atoms with Crippen LogP contribution >= 0.6 is 11.3 Å². The minimum absolute atomic E-state index is 0.00903. The second kappa shape index (κ2) is 5.34. The Kier molecular flexibility index (Phi) is 3.88. The van der Waals surface area contributed by atoms with Crippen molar-refractivity contribution >= 4 is 33.0 Å². The summed E-state index contributed by atoms with van der Waals surface area (Å²) in [7, 11) is -4.03. The Bertz CT molecular complexity index is 864. The van der Waals surface area contributed by atoms with Crippen molar-refractivity contribution in [3.8, 4) is 0 Å². The molecule has 7 nitrogen and oxygen atoms in total. The van der Waals surface area contributed by atoms with Crippen LogP contribution in [0, 0.1) is 13.8 Å². The van der Waals surface area contributed by atoms with Crippen LogP contribution in [0.1, 0.15) is 21.6 Å². The Morgan fingerprint density at radius 3 is 2.52 bits per heavy atom. The summed E-state index contributed by atoms with van der Waals surface area (Å²) in [6, 6.07) is 4.42. The SMILES string of the molecule is Cc1cccc(C(=O)O)c1NS(=O)(=O)c1sc(=O)[nH]c1C. The van der Waals surface area contributed by atoms with Gasteiger partial charge in [-0.05, 0) is 25.5 Å². The summed E-state index contributed by atoms with van der Waals surface area (Å²) in [5.74, 6) is -1.24. The highest BCUT2D eigenvalue weighted by molar-refractivity contribution is 7.94. The quantitative estimate of drug-likeness (QED) is 0.787. The summed E-state index contributed by atoms with van der Waals surface area (Å²) in [5.41, 5.74) is 0.520. The first-order valence-electron chi connectivity index (χ1n) is 5.78. The van der Waals surface area contributed by atoms with Gasteiger partial charge in [-0.15, -0.1) is 0 Å². The van der Waals surface area contributed by atoms with Gasteiger partial charge >= 0.3 is 10.8 Å². The molecule has 0 bridgehead atoms. The van der Waals surface area contributed by atoms with E-state index >= 15 is 0 Å². The average Bonchev–Trinajstić information content (AvgIpc) is 2.71. The van der Waals surface area contributed by atoms with Crippen LogP contribution in [0.4, 0.5) is 5.69 Å². The highest BCUT2D eigenvalue weighted by Gasteiger charge is 2.24. The molecular weight excluding hydrogens is 316 g/mol. The van der Waals surface area contributed by atoms with Gasteiger partial charge < -0.3 is 10.1 Å². The number of thiazole rings is 1. The first-order valence-corrected chi connectivity index (χ1v) is 8.08. The normalized spacial score (nSPS) is 11.3. The van der Waals surface area contributed by atoms with Crippen LogP contribution in [-0.4, -0.2) is 24.5 Å². The number of aryl methyl sites for hydroxylation is 2. The second-order valence-electron chi connectivity index (χ2n) is 4.34. The molecule has 3 N–H and O–H groups in total. The van der Waals surface area contributed by atoms with Gasteiger partial charge in [0.25, 0.3) is 10.0 Å². The number of aromatic carboxylic acids is 1. The number of carboxylic acid groups (broad SMARTS) is 1. The molecule has 0 aliphatic carbocycles. The molecule has 2 aromatic rings. The third-order valence-corrected chi connectivity index (χ3v) is 5.72. The summed E-state index contributed by atoms with van der Waals surface area (Å²) < 4.78 is 26.7. The lowest BCUT2D eigenvalue weighted by molar-refractivity contribution is 0.0698. The number of sulfonamides is 1. The van der Waals surface area contributed by atoms with Crippen molar-refractivity contribution in [2.45, 2.75) is 18.1 Å². The third kappa shape index (κ3) is 2.98. The summed E-state index contributed by atoms with van der Waals surface area (Å²) in [6.45, 7) is 3.05. The van der Waals surface area contributed by atoms with Crippen LogP contribution in [0.25, 0.3) is 0 Å². The third-order valence-electron chi connectivity index (χ3n) is 2.76. The van der Waals surface area contributed by atoms with Gasteiger partial charge in [0.15, 0.2) is 4.21 Å². The number of anilines is 1. The molecule has 0 unspecified atom stereocenters. The highest BCUT2D eigenvalue weighted by atomic mass is 32.2. The molecule has 0 aliphatic heterocycles. The molecule has 2 rings (SSSR count). The number of hydrogen-bond donors (Lipinski definition) is 3. The fourth-order valence-electron chi connectivity index (χ4n) is 1.81. The molecule has 0 atom stereocenters. The topological polar surface area (TPSA) is 116 Å². The van der Waals surface area contributed by atoms with Crippen LogP contribution in [0.2, 0.25) is 0 Å². The molecule has 0 aliphatic rings. The van der Waals surface area contributed by atoms with Crippen LogP contribution in [0.5, 0.6) is 0 Å². The van der Waals surface area contributed by atoms with Crippen molar-refractivity contribution in [1.82, 2.24) is 4.98 Å². The summed E-state index contributed by atoms with van der Waals surface area (Å²) in [4.78, 5) is 24.3. The van der Waals surface area contributed by atoms with Crippen molar-refractivity contribution in [3.05, 3.63) is 44.7 Å². The van der Waals surface area contributed by atoms with Crippen molar-refractivity contribution in [3.63, 3.8) is 0 Å². The Balaban J connectivity index is 2.54. The molecule has 112 valence electrons. The van der Waals surface area contributed by atoms with E-state index in [1.807, 2.05) is 0 Å². The Labute approximate surface area is 124 Å². The number of carboxylic acids is 1. The zero-order valence-corrected chi connectivity index (χ0v) is 12.8. The lowest BCUT2D eigenvalue weighted by Gasteiger charge is -2.12. The number of aromatic nitrogens is 1. The maximum absolute atomic E-state index is 12.3. The molecule has 0 spiro atoms. The van der Waals surface area contributed by atoms with E-state index in [1.54, 1.807) is 13.0 Å². The smallest absolute Gasteiger partial charge is 0.337 e. The van der Waals surface area contributed by atoms with E-state index in [2.05, 4.69) is 9.71 Å². The van der Waals surface area contributed by atoms with Crippen LogP contribution in [0.15, 0.2) is 27.2 Å². The van der Waals surface area contributed by atoms with Crippen LogP contribution in [0.3, 0.4) is 0 Å². The predicted molar refractivity (Wildman–Crippen MR) is 78.6 cm³/mol. The Hall–Kier alpha value is -2.13. The fourth-order valence-corrected chi connectivity index (χ4v) is 4.26. The van der Waals surface area contributed by atoms with Gasteiger partial charge in [-0.1, -0.05) is 23.5 Å². The maximum atomic E-state index is 12.3. The number of para-hydroxylation sites is 1. The number of H-pyrrole nitrogens is 1. The largest absolute Gasteiger partial charge is 0.478 e. The lowest BCUT2D eigenvalue weighted by atomic mass is 10.1. The summed E-state index contributed by atoms with van der Waals surface area (Å²) >= 11 is 0.552. The molecule has 0 fully saturated rings. The number of hydrogen-bond acceptors (Lipinski definition) is 5. The zero-order chi connectivity index (χ0) is 15.8. The predicted octanol–water partition coefficient (Wildman–Crippen LogP) is 1.55. The lowest BCUT2D eigenvalue weighted by Crippen LogP contribution is -2.16. The van der Waals surface area contributed by atoms with Crippen LogP contribution in [-0.2, 0) is 10.0 Å². The molecule has 0 amide bonds. The van der Waals surface area contributed by atoms with Crippen molar-refractivity contribution in [2.75, 3.05) is 4.72 Å². The molecule has 9 heteroatoms. The molecule has 21 heavy (non-hydrogen) atoms. The van der Waals surface area contributed by atoms with Gasteiger partial charge in [-0.2, -0.15) is 0 Å². The van der Waals surface area contributed by atoms with E-state index in [1.165, 1.54) is 19.1 Å². The molecule has 0 saturated carbocycles. The van der Waals surface area contributed by atoms with E-state index in [0.29, 0.717) is 16.9 Å². The zero-order valence-electron chi connectivity index (χ0n) is 11.1. The fraction of sp³-hybridized carbons (Fsp3) is 0.167. The average molecular weight is 328 g/mol. The standard InChI is InChI=1S/C12H12N2O5S2/c1-6-4-3-5-8(10(15)16)9(6)14-21(18,19)11-7(2)13-12(17)20-11/h3-5,14H,1-2H3,(H,13,17)(H,15,16). The maximum Gasteiger partial charge on any atom is 0.337 e. The first-order chi connectivity index (χ1) is 9.72. The van der Waals surface area contributed by atoms with Crippen LogP contribution < -0.4 is 9.60 Å². The minimum atomic E-state index is -4.03. The van der Waals surface area contributed by atoms with E-state index < -0.39 is 20.9 Å². The van der Waals surface area contributed by atoms with E-state index in [4.69, 9.17) is 5.11 Å². The van der Waals surface area contributed by atoms with Gasteiger partial charge in [-0.25, -0.2) is 13.2 Å². The molecular formula is C12H12N2O5S2. The first kappa shape index (κ1) is 15.3. The second-order valence-corrected chi connectivity index (χ2v) is 7.20. The molecule has 1 aromatic carbocycles. The van der Waals surface area contributed by atoms with E-state index in [-0.39, 0.29) is 21.2 Å². The number of rotatable bonds is 4. The van der Waals surface area contributed by atoms with Crippen molar-refractivity contribution < 1.29 is 18.3 Å². The summed E-state index contributed by atoms with van der Waals surface area (Å²) in [5, 5.41) is 9.13. The molecule has 1 heterocycles. The van der Waals surface area contributed by atoms with Gasteiger partial charge in [0.1, 0.15) is 0 Å². The van der Waals surface area contributed by atoms with E-state index in [0.717, 1.165) is 0 Å². The Morgan fingerprint density at radius 2 is 2.00 bits per heavy atom. The molecule has 1 aromatic heterocycles. The highest BCUT2D eigenvalue weighted by Crippen LogP contribution is 2.26. The van der Waals surface area contributed by atoms with Crippen molar-refractivity contribution in [2.24, 2.45) is 0 Å². The summed E-state index contributed by atoms with van der Waals surface area (Å²) in [6.07, 6.45) is 0. The van der Waals surface area contributed by atoms with Gasteiger partial charge in [-0.3, -0.25) is 9.52 Å². The number of carbonyl (C=O) groups is 1. The number of nitrogens with one attached hydrogen (secondary N) is 2. The van der Waals surface area contributed by atoms with Crippen molar-refractivity contribution in [1.29, 1.82) is 0 Å². The van der Waals surface area contributed by atoms with E-state index in [9.17, 15) is 18.0 Å². The van der Waals surface area contributed by atoms with Gasteiger partial charge in [0.2, 0.25) is 0 Å².